The van der Waals surface area contributed by atoms with Crippen molar-refractivity contribution in [1.29, 1.82) is 0 Å². The maximum atomic E-state index is 12.7. The van der Waals surface area contributed by atoms with E-state index in [9.17, 15) is 18.3 Å². The number of hydrogen-bond donors (Lipinski definition) is 1. The predicted octanol–water partition coefficient (Wildman–Crippen LogP) is 2.97. The summed E-state index contributed by atoms with van der Waals surface area (Å²) in [6, 6.07) is 3.43. The van der Waals surface area contributed by atoms with Gasteiger partial charge in [0.05, 0.1) is 16.6 Å². The predicted molar refractivity (Wildman–Crippen MR) is 71.8 cm³/mol. The van der Waals surface area contributed by atoms with E-state index < -0.39 is 11.7 Å². The van der Waals surface area contributed by atoms with Gasteiger partial charge in [0.15, 0.2) is 0 Å². The van der Waals surface area contributed by atoms with Gasteiger partial charge in [0.1, 0.15) is 12.4 Å². The van der Waals surface area contributed by atoms with Crippen LogP contribution in [0.25, 0.3) is 11.0 Å². The fourth-order valence-electron chi connectivity index (χ4n) is 2.20. The molecule has 21 heavy (non-hydrogen) atoms. The van der Waals surface area contributed by atoms with Crippen LogP contribution in [0.5, 0.6) is 0 Å². The summed E-state index contributed by atoms with van der Waals surface area (Å²) in [6.07, 6.45) is -3.69. The number of aliphatic hydroxyl groups is 1. The van der Waals surface area contributed by atoms with Crippen molar-refractivity contribution in [2.75, 3.05) is 13.2 Å². The Kier molecular flexibility index (Phi) is 4.84. The zero-order valence-electron chi connectivity index (χ0n) is 11.7. The highest BCUT2D eigenvalue weighted by Gasteiger charge is 2.31. The van der Waals surface area contributed by atoms with E-state index in [1.807, 2.05) is 6.92 Å². The number of rotatable bonds is 6. The highest BCUT2D eigenvalue weighted by Crippen LogP contribution is 2.31. The lowest BCUT2D eigenvalue weighted by Gasteiger charge is -2.09. The Hall–Kier alpha value is -1.60. The molecule has 7 heteroatoms. The molecule has 0 saturated carbocycles. The van der Waals surface area contributed by atoms with E-state index in [0.29, 0.717) is 37.5 Å². The van der Waals surface area contributed by atoms with Gasteiger partial charge in [-0.05, 0) is 31.5 Å². The molecule has 116 valence electrons. The van der Waals surface area contributed by atoms with Gasteiger partial charge in [-0.2, -0.15) is 13.2 Å². The monoisotopic (exact) mass is 302 g/mol. The van der Waals surface area contributed by atoms with E-state index in [2.05, 4.69) is 4.98 Å². The molecule has 2 aromatic rings. The molecule has 0 aliphatic carbocycles. The zero-order valence-corrected chi connectivity index (χ0v) is 11.7. The molecule has 1 heterocycles. The number of aromatic nitrogens is 2. The second kappa shape index (κ2) is 6.44. The summed E-state index contributed by atoms with van der Waals surface area (Å²) in [5, 5.41) is 9.31. The highest BCUT2D eigenvalue weighted by molar-refractivity contribution is 5.77. The Labute approximate surface area is 120 Å². The molecule has 0 saturated heterocycles. The summed E-state index contributed by atoms with van der Waals surface area (Å²) in [7, 11) is 0. The third-order valence-electron chi connectivity index (χ3n) is 3.17. The molecule has 1 aromatic carbocycles. The van der Waals surface area contributed by atoms with Gasteiger partial charge < -0.3 is 14.4 Å². The molecule has 0 bridgehead atoms. The van der Waals surface area contributed by atoms with E-state index in [1.54, 1.807) is 4.57 Å². The minimum absolute atomic E-state index is 0.241. The first kappa shape index (κ1) is 15.8. The van der Waals surface area contributed by atoms with Crippen LogP contribution in [0.15, 0.2) is 18.2 Å². The van der Waals surface area contributed by atoms with Crippen molar-refractivity contribution < 1.29 is 23.0 Å². The van der Waals surface area contributed by atoms with Gasteiger partial charge in [0.2, 0.25) is 0 Å². The number of benzene rings is 1. The van der Waals surface area contributed by atoms with Gasteiger partial charge >= 0.3 is 6.18 Å². The first-order chi connectivity index (χ1) is 9.97. The average Bonchev–Trinajstić information content (AvgIpc) is 2.79. The number of aryl methyl sites for hydroxylation is 1. The van der Waals surface area contributed by atoms with Crippen molar-refractivity contribution in [3.63, 3.8) is 0 Å². The number of halogens is 3. The first-order valence-corrected chi connectivity index (χ1v) is 6.72. The van der Waals surface area contributed by atoms with Gasteiger partial charge in [0.25, 0.3) is 0 Å². The second-order valence-corrected chi connectivity index (χ2v) is 4.59. The lowest BCUT2D eigenvalue weighted by molar-refractivity contribution is -0.137. The smallest absolute Gasteiger partial charge is 0.388 e. The SMILES string of the molecule is CCOCCCn1c(CO)nc2cc(C(F)(F)F)ccc21. The van der Waals surface area contributed by atoms with E-state index in [1.165, 1.54) is 6.07 Å². The van der Waals surface area contributed by atoms with Gasteiger partial charge in [-0.15, -0.1) is 0 Å². The van der Waals surface area contributed by atoms with E-state index >= 15 is 0 Å². The van der Waals surface area contributed by atoms with Crippen LogP contribution in [0.2, 0.25) is 0 Å². The number of nitrogens with zero attached hydrogens (tertiary/aromatic N) is 2. The highest BCUT2D eigenvalue weighted by atomic mass is 19.4. The molecule has 1 aromatic heterocycles. The molecule has 0 fully saturated rings. The van der Waals surface area contributed by atoms with Crippen molar-refractivity contribution in [3.05, 3.63) is 29.6 Å². The number of aliphatic hydroxyl groups excluding tert-OH is 1. The third-order valence-corrected chi connectivity index (χ3v) is 3.17. The van der Waals surface area contributed by atoms with Crippen molar-refractivity contribution >= 4 is 11.0 Å². The van der Waals surface area contributed by atoms with Gasteiger partial charge in [0, 0.05) is 19.8 Å². The van der Waals surface area contributed by atoms with Gasteiger partial charge in [-0.1, -0.05) is 0 Å². The van der Waals surface area contributed by atoms with Crippen LogP contribution >= 0.6 is 0 Å². The number of imidazole rings is 1. The Bertz CT molecular complexity index is 608. The molecule has 0 unspecified atom stereocenters. The number of alkyl halides is 3. The Balaban J connectivity index is 2.31. The summed E-state index contributed by atoms with van der Waals surface area (Å²) in [5.74, 6) is 0.362. The minimum atomic E-state index is -4.40. The topological polar surface area (TPSA) is 47.3 Å². The quantitative estimate of drug-likeness (QED) is 0.835. The number of hydrogen-bond acceptors (Lipinski definition) is 3. The van der Waals surface area contributed by atoms with Crippen LogP contribution in [-0.2, 0) is 24.1 Å². The fourth-order valence-corrected chi connectivity index (χ4v) is 2.20. The van der Waals surface area contributed by atoms with Crippen molar-refractivity contribution in [3.8, 4) is 0 Å². The normalized spacial score (nSPS) is 12.2. The van der Waals surface area contributed by atoms with Crippen LogP contribution in [0, 0.1) is 0 Å². The zero-order chi connectivity index (χ0) is 15.5. The van der Waals surface area contributed by atoms with Crippen LogP contribution in [0.1, 0.15) is 24.7 Å². The van der Waals surface area contributed by atoms with Crippen molar-refractivity contribution in [2.45, 2.75) is 32.7 Å². The third kappa shape index (κ3) is 3.54. The minimum Gasteiger partial charge on any atom is -0.388 e. The Morgan fingerprint density at radius 1 is 1.33 bits per heavy atom. The van der Waals surface area contributed by atoms with Crippen LogP contribution < -0.4 is 0 Å². The van der Waals surface area contributed by atoms with E-state index in [-0.39, 0.29) is 12.1 Å². The van der Waals surface area contributed by atoms with Gasteiger partial charge in [-0.3, -0.25) is 0 Å². The average molecular weight is 302 g/mol. The molecule has 1 N–H and O–H groups in total. The summed E-state index contributed by atoms with van der Waals surface area (Å²) in [4.78, 5) is 4.08. The molecule has 0 aliphatic rings. The molecular weight excluding hydrogens is 285 g/mol. The molecule has 2 rings (SSSR count). The largest absolute Gasteiger partial charge is 0.416 e. The maximum absolute atomic E-state index is 12.7. The summed E-state index contributed by atoms with van der Waals surface area (Å²) >= 11 is 0. The molecule has 0 aliphatic heterocycles. The van der Waals surface area contributed by atoms with Crippen LogP contribution in [-0.4, -0.2) is 27.9 Å². The van der Waals surface area contributed by atoms with E-state index in [0.717, 1.165) is 12.1 Å². The van der Waals surface area contributed by atoms with Gasteiger partial charge in [-0.25, -0.2) is 4.98 Å². The summed E-state index contributed by atoms with van der Waals surface area (Å²) in [6.45, 7) is 3.29. The molecule has 0 radical (unpaired) electrons. The van der Waals surface area contributed by atoms with E-state index in [4.69, 9.17) is 4.74 Å². The number of ether oxygens (including phenoxy) is 1. The second-order valence-electron chi connectivity index (χ2n) is 4.59. The Morgan fingerprint density at radius 2 is 2.10 bits per heavy atom. The maximum Gasteiger partial charge on any atom is 0.416 e. The van der Waals surface area contributed by atoms with Crippen LogP contribution in [0.4, 0.5) is 13.2 Å². The molecule has 4 nitrogen and oxygen atoms in total. The van der Waals surface area contributed by atoms with Crippen molar-refractivity contribution in [1.82, 2.24) is 9.55 Å². The van der Waals surface area contributed by atoms with Crippen LogP contribution in [0.3, 0.4) is 0 Å². The first-order valence-electron chi connectivity index (χ1n) is 6.72. The van der Waals surface area contributed by atoms with Crippen molar-refractivity contribution in [2.24, 2.45) is 0 Å². The molecule has 0 atom stereocenters. The molecule has 0 spiro atoms. The lowest BCUT2D eigenvalue weighted by atomic mass is 10.2. The standard InChI is InChI=1S/C14H17F3N2O2/c1-2-21-7-3-6-19-12-5-4-10(14(15,16)17)8-11(12)18-13(19)9-20/h4-5,8,20H,2-3,6-7,9H2,1H3. The summed E-state index contributed by atoms with van der Waals surface area (Å²) in [5.41, 5.74) is 0.0901. The molecule has 0 amide bonds. The molecular formula is C14H17F3N2O2. The summed E-state index contributed by atoms with van der Waals surface area (Å²) < 4.78 is 45.0. The number of fused-ring (bicyclic) bond motifs is 1. The fraction of sp³-hybridized carbons (Fsp3) is 0.500. The lowest BCUT2D eigenvalue weighted by Crippen LogP contribution is -2.07. The Morgan fingerprint density at radius 3 is 2.71 bits per heavy atom.